The fourth-order valence-electron chi connectivity index (χ4n) is 3.92. The number of hydrogen-bond donors (Lipinski definition) is 7. The van der Waals surface area contributed by atoms with Gasteiger partial charge in [0.25, 0.3) is 11.8 Å². The van der Waals surface area contributed by atoms with Crippen molar-refractivity contribution in [2.24, 2.45) is 11.1 Å². The first-order valence-electron chi connectivity index (χ1n) is 12.7. The number of rotatable bonds is 12. The summed E-state index contributed by atoms with van der Waals surface area (Å²) in [5.41, 5.74) is 5.48. The Morgan fingerprint density at radius 3 is 2.20 bits per heavy atom. The van der Waals surface area contributed by atoms with Crippen LogP contribution in [0, 0.1) is 10.8 Å². The number of carboxylic acids is 1. The van der Waals surface area contributed by atoms with Gasteiger partial charge >= 0.3 is 5.97 Å². The average Bonchev–Trinajstić information content (AvgIpc) is 2.95. The summed E-state index contributed by atoms with van der Waals surface area (Å²) in [6.45, 7) is 4.64. The van der Waals surface area contributed by atoms with Crippen LogP contribution in [0.25, 0.3) is 11.1 Å². The van der Waals surface area contributed by atoms with Crippen molar-refractivity contribution in [3.05, 3.63) is 77.0 Å². The molecule has 0 saturated carbocycles. The molecule has 1 aromatic heterocycles. The number of benzene rings is 2. The lowest BCUT2D eigenvalue weighted by Gasteiger charge is -2.31. The molecule has 0 aliphatic heterocycles. The van der Waals surface area contributed by atoms with Crippen molar-refractivity contribution >= 4 is 29.3 Å². The van der Waals surface area contributed by atoms with Gasteiger partial charge in [0.2, 0.25) is 5.88 Å². The first kappa shape index (κ1) is 30.7. The van der Waals surface area contributed by atoms with Crippen LogP contribution < -0.4 is 21.1 Å². The minimum Gasteiger partial charge on any atom is -0.478 e. The van der Waals surface area contributed by atoms with Gasteiger partial charge in [-0.3, -0.25) is 15.0 Å². The highest BCUT2D eigenvalue weighted by Crippen LogP contribution is 2.30. The van der Waals surface area contributed by atoms with Gasteiger partial charge in [-0.1, -0.05) is 19.9 Å². The van der Waals surface area contributed by atoms with Crippen molar-refractivity contribution < 1.29 is 34.4 Å². The zero-order chi connectivity index (χ0) is 30.3. The van der Waals surface area contributed by atoms with E-state index < -0.39 is 35.8 Å². The molecule has 0 aliphatic rings. The molecule has 8 N–H and O–H groups in total. The molecule has 0 saturated heterocycles. The van der Waals surface area contributed by atoms with E-state index in [4.69, 9.17) is 15.9 Å². The van der Waals surface area contributed by atoms with E-state index in [0.29, 0.717) is 11.3 Å². The number of aromatic carboxylic acids is 1. The zero-order valence-corrected chi connectivity index (χ0v) is 22.9. The topological polar surface area (TPSA) is 208 Å². The molecule has 12 nitrogen and oxygen atoms in total. The van der Waals surface area contributed by atoms with Gasteiger partial charge in [-0.15, -0.1) is 0 Å². The van der Waals surface area contributed by atoms with E-state index >= 15 is 0 Å². The van der Waals surface area contributed by atoms with Crippen LogP contribution in [-0.4, -0.2) is 69.8 Å². The van der Waals surface area contributed by atoms with E-state index in [2.05, 4.69) is 15.6 Å². The first-order valence-corrected chi connectivity index (χ1v) is 12.7. The van der Waals surface area contributed by atoms with Crippen molar-refractivity contribution in [2.75, 3.05) is 25.1 Å². The third-order valence-electron chi connectivity index (χ3n) is 6.47. The number of pyridine rings is 1. The maximum Gasteiger partial charge on any atom is 0.336 e. The molecule has 0 unspecified atom stereocenters. The number of aliphatic hydroxyl groups excluding tert-OH is 2. The SMILES string of the molecule is CCOc1ccc(-c2ccc(C(=O)N[C@H](CO)C(C)(C)CO)cc2C(=O)O)c(C(=O)Nc2ccc(C(=N)N)cc2)n1. The number of carbonyl (C=O) groups is 3. The summed E-state index contributed by atoms with van der Waals surface area (Å²) < 4.78 is 5.46. The van der Waals surface area contributed by atoms with Crippen LogP contribution in [0.3, 0.4) is 0 Å². The quantitative estimate of drug-likeness (QED) is 0.127. The Morgan fingerprint density at radius 1 is 1.00 bits per heavy atom. The Balaban J connectivity index is 2.03. The van der Waals surface area contributed by atoms with Crippen LogP contribution in [0.15, 0.2) is 54.6 Å². The third kappa shape index (κ3) is 7.24. The first-order chi connectivity index (χ1) is 19.4. The molecule has 1 heterocycles. The lowest BCUT2D eigenvalue weighted by Crippen LogP contribution is -2.49. The molecule has 216 valence electrons. The summed E-state index contributed by atoms with van der Waals surface area (Å²) in [5.74, 6) is -2.60. The van der Waals surface area contributed by atoms with Gasteiger partial charge in [0.05, 0.1) is 31.4 Å². The Morgan fingerprint density at radius 2 is 1.63 bits per heavy atom. The largest absolute Gasteiger partial charge is 0.478 e. The molecule has 3 rings (SSSR count). The van der Waals surface area contributed by atoms with Crippen LogP contribution in [-0.2, 0) is 0 Å². The third-order valence-corrected chi connectivity index (χ3v) is 6.47. The second-order valence-corrected chi connectivity index (χ2v) is 9.84. The molecule has 12 heteroatoms. The summed E-state index contributed by atoms with van der Waals surface area (Å²) in [6.07, 6.45) is 0. The number of nitrogens with zero attached hydrogens (tertiary/aromatic N) is 1. The van der Waals surface area contributed by atoms with Gasteiger partial charge in [0.15, 0.2) is 0 Å². The van der Waals surface area contributed by atoms with Gasteiger partial charge in [-0.25, -0.2) is 9.78 Å². The van der Waals surface area contributed by atoms with E-state index in [-0.39, 0.29) is 52.9 Å². The lowest BCUT2D eigenvalue weighted by atomic mass is 9.85. The number of aromatic nitrogens is 1. The number of nitrogens with one attached hydrogen (secondary N) is 3. The summed E-state index contributed by atoms with van der Waals surface area (Å²) in [6, 6.07) is 12.5. The number of aliphatic hydroxyl groups is 2. The minimum absolute atomic E-state index is 0.00815. The van der Waals surface area contributed by atoms with Gasteiger partial charge in [-0.05, 0) is 55.0 Å². The molecular formula is C29H33N5O7. The fraction of sp³-hybridized carbons (Fsp3) is 0.276. The highest BCUT2D eigenvalue weighted by Gasteiger charge is 2.30. The van der Waals surface area contributed by atoms with Crippen LogP contribution >= 0.6 is 0 Å². The second-order valence-electron chi connectivity index (χ2n) is 9.84. The molecule has 41 heavy (non-hydrogen) atoms. The van der Waals surface area contributed by atoms with Crippen molar-refractivity contribution in [2.45, 2.75) is 26.8 Å². The maximum absolute atomic E-state index is 13.4. The predicted molar refractivity (Wildman–Crippen MR) is 152 cm³/mol. The molecule has 0 fully saturated rings. The normalized spacial score (nSPS) is 11.8. The smallest absolute Gasteiger partial charge is 0.336 e. The molecule has 1 atom stereocenters. The maximum atomic E-state index is 13.4. The van der Waals surface area contributed by atoms with Gasteiger partial charge in [0.1, 0.15) is 11.5 Å². The van der Waals surface area contributed by atoms with Crippen molar-refractivity contribution in [3.63, 3.8) is 0 Å². The summed E-state index contributed by atoms with van der Waals surface area (Å²) in [4.78, 5) is 42.9. The van der Waals surface area contributed by atoms with Crippen LogP contribution in [0.1, 0.15) is 57.5 Å². The summed E-state index contributed by atoms with van der Waals surface area (Å²) in [7, 11) is 0. The van der Waals surface area contributed by atoms with Crippen molar-refractivity contribution in [3.8, 4) is 17.0 Å². The van der Waals surface area contributed by atoms with E-state index in [1.54, 1.807) is 45.0 Å². The highest BCUT2D eigenvalue weighted by molar-refractivity contribution is 6.10. The fourth-order valence-corrected chi connectivity index (χ4v) is 3.92. The summed E-state index contributed by atoms with van der Waals surface area (Å²) >= 11 is 0. The molecule has 2 amide bonds. The average molecular weight is 564 g/mol. The Kier molecular flexibility index (Phi) is 9.76. The van der Waals surface area contributed by atoms with Gasteiger partial charge in [-0.2, -0.15) is 0 Å². The molecule has 0 radical (unpaired) electrons. The Hall–Kier alpha value is -4.81. The number of carboxylic acid groups (broad SMARTS) is 1. The predicted octanol–water partition coefficient (Wildman–Crippen LogP) is 2.49. The number of nitrogen functional groups attached to an aromatic ring is 1. The molecule has 0 bridgehead atoms. The second kappa shape index (κ2) is 13.0. The number of hydrogen-bond acceptors (Lipinski definition) is 8. The Bertz CT molecular complexity index is 1450. The van der Waals surface area contributed by atoms with Crippen LogP contribution in [0.2, 0.25) is 0 Å². The van der Waals surface area contributed by atoms with Crippen LogP contribution in [0.4, 0.5) is 5.69 Å². The number of anilines is 1. The van der Waals surface area contributed by atoms with E-state index in [9.17, 15) is 29.7 Å². The van der Waals surface area contributed by atoms with Crippen LogP contribution in [0.5, 0.6) is 5.88 Å². The van der Waals surface area contributed by atoms with E-state index in [0.717, 1.165) is 0 Å². The number of carbonyl (C=O) groups excluding carboxylic acids is 2. The van der Waals surface area contributed by atoms with Crippen molar-refractivity contribution in [1.82, 2.24) is 10.3 Å². The molecule has 0 aliphatic carbocycles. The molecule has 3 aromatic rings. The van der Waals surface area contributed by atoms with Gasteiger partial charge in [0, 0.05) is 33.9 Å². The standard InChI is InChI=1S/C29H33N5O7/c1-4-41-23-12-11-20(24(34-23)27(38)32-18-8-5-16(6-9-18)25(30)31)19-10-7-17(13-21(19)28(39)40)26(37)33-22(14-35)29(2,3)15-36/h5-13,22,35-36H,4,14-15H2,1-3H3,(H3,30,31)(H,32,38)(H,33,37)(H,39,40)/t22-/m1/s1. The lowest BCUT2D eigenvalue weighted by molar-refractivity contribution is 0.0655. The molecule has 0 spiro atoms. The van der Waals surface area contributed by atoms with E-state index in [1.807, 2.05) is 0 Å². The van der Waals surface area contributed by atoms with Gasteiger partial charge < -0.3 is 36.4 Å². The zero-order valence-electron chi connectivity index (χ0n) is 22.9. The monoisotopic (exact) mass is 563 g/mol. The molecular weight excluding hydrogens is 530 g/mol. The number of amidine groups is 1. The Labute approximate surface area is 236 Å². The van der Waals surface area contributed by atoms with Crippen molar-refractivity contribution in [1.29, 1.82) is 5.41 Å². The summed E-state index contributed by atoms with van der Waals surface area (Å²) in [5, 5.41) is 42.2. The number of nitrogens with two attached hydrogens (primary N) is 1. The highest BCUT2D eigenvalue weighted by atomic mass is 16.5. The number of amides is 2. The van der Waals surface area contributed by atoms with E-state index in [1.165, 1.54) is 30.3 Å². The molecule has 2 aromatic carbocycles. The number of ether oxygens (including phenoxy) is 1. The minimum atomic E-state index is -1.34.